The number of nitro benzene ring substituents is 1. The van der Waals surface area contributed by atoms with Crippen molar-refractivity contribution in [3.05, 3.63) is 28.3 Å². The Labute approximate surface area is 121 Å². The molecule has 0 aromatic heterocycles. The highest BCUT2D eigenvalue weighted by Crippen LogP contribution is 2.38. The molecular weight excluding hydrogens is 300 g/mol. The predicted molar refractivity (Wildman–Crippen MR) is 74.2 cm³/mol. The van der Waals surface area contributed by atoms with Crippen LogP contribution in [-0.2, 0) is 14.6 Å². The Kier molecular flexibility index (Phi) is 3.86. The molecule has 1 N–H and O–H groups in total. The quantitative estimate of drug-likeness (QED) is 0.634. The molecule has 8 nitrogen and oxygen atoms in total. The maximum atomic E-state index is 11.6. The summed E-state index contributed by atoms with van der Waals surface area (Å²) in [6.07, 6.45) is 0.915. The molecule has 114 valence electrons. The summed E-state index contributed by atoms with van der Waals surface area (Å²) in [5.41, 5.74) is -0.238. The van der Waals surface area contributed by atoms with Gasteiger partial charge in [0.25, 0.3) is 0 Å². The van der Waals surface area contributed by atoms with E-state index in [4.69, 9.17) is 5.11 Å². The number of hydrogen-bond acceptors (Lipinski definition) is 6. The minimum atomic E-state index is -3.71. The molecule has 0 bridgehead atoms. The van der Waals surface area contributed by atoms with Gasteiger partial charge in [-0.05, 0) is 12.1 Å². The van der Waals surface area contributed by atoms with Crippen LogP contribution < -0.4 is 4.90 Å². The third-order valence-electron chi connectivity index (χ3n) is 3.32. The number of aliphatic carboxylic acids is 1. The van der Waals surface area contributed by atoms with E-state index >= 15 is 0 Å². The van der Waals surface area contributed by atoms with Gasteiger partial charge in [0.15, 0.2) is 9.84 Å². The SMILES string of the molecule is CS(=O)(=O)c1cccc(N2CC(CC(=O)O)C2)c1[N+](=O)[O-]. The van der Waals surface area contributed by atoms with Gasteiger partial charge < -0.3 is 10.0 Å². The first-order valence-electron chi connectivity index (χ1n) is 6.14. The lowest BCUT2D eigenvalue weighted by Crippen LogP contribution is -2.47. The van der Waals surface area contributed by atoms with E-state index in [1.165, 1.54) is 18.2 Å². The molecule has 1 aromatic rings. The molecule has 1 aliphatic rings. The zero-order chi connectivity index (χ0) is 15.8. The summed E-state index contributed by atoms with van der Waals surface area (Å²) >= 11 is 0. The molecule has 0 aliphatic carbocycles. The average Bonchev–Trinajstić information content (AvgIpc) is 2.30. The van der Waals surface area contributed by atoms with Crippen LogP contribution in [-0.4, -0.2) is 43.8 Å². The second-order valence-corrected chi connectivity index (χ2v) is 7.01. The van der Waals surface area contributed by atoms with E-state index in [0.717, 1.165) is 6.26 Å². The molecule has 0 saturated carbocycles. The summed E-state index contributed by atoms with van der Waals surface area (Å²) in [6.45, 7) is 0.723. The molecule has 1 aliphatic heterocycles. The van der Waals surface area contributed by atoms with Crippen LogP contribution in [0.15, 0.2) is 23.1 Å². The van der Waals surface area contributed by atoms with Crippen molar-refractivity contribution < 1.29 is 23.2 Å². The fraction of sp³-hybridized carbons (Fsp3) is 0.417. The molecular formula is C12H14N2O6S. The Balaban J connectivity index is 2.34. The highest BCUT2D eigenvalue weighted by Gasteiger charge is 2.35. The van der Waals surface area contributed by atoms with Crippen molar-refractivity contribution in [3.8, 4) is 0 Å². The number of rotatable bonds is 5. The summed E-state index contributed by atoms with van der Waals surface area (Å²) in [5.74, 6) is -0.997. The minimum Gasteiger partial charge on any atom is -0.481 e. The van der Waals surface area contributed by atoms with Gasteiger partial charge in [-0.1, -0.05) is 6.07 Å². The Morgan fingerprint density at radius 2 is 2.10 bits per heavy atom. The molecule has 1 saturated heterocycles. The van der Waals surface area contributed by atoms with Gasteiger partial charge >= 0.3 is 11.7 Å². The first-order valence-corrected chi connectivity index (χ1v) is 8.03. The minimum absolute atomic E-state index is 0.00390. The van der Waals surface area contributed by atoms with Gasteiger partial charge in [0.05, 0.1) is 11.3 Å². The summed E-state index contributed by atoms with van der Waals surface area (Å²) in [4.78, 5) is 22.4. The van der Waals surface area contributed by atoms with E-state index in [9.17, 15) is 23.3 Å². The van der Waals surface area contributed by atoms with Gasteiger partial charge in [-0.15, -0.1) is 0 Å². The van der Waals surface area contributed by atoms with Crippen molar-refractivity contribution in [2.45, 2.75) is 11.3 Å². The van der Waals surface area contributed by atoms with Crippen molar-refractivity contribution in [1.29, 1.82) is 0 Å². The number of nitrogens with zero attached hydrogens (tertiary/aromatic N) is 2. The van der Waals surface area contributed by atoms with E-state index < -0.39 is 26.4 Å². The number of carboxylic acid groups (broad SMARTS) is 1. The lowest BCUT2D eigenvalue weighted by atomic mass is 9.95. The Morgan fingerprint density at radius 1 is 1.48 bits per heavy atom. The Hall–Kier alpha value is -2.16. The smallest absolute Gasteiger partial charge is 0.311 e. The molecule has 0 spiro atoms. The number of benzene rings is 1. The van der Waals surface area contributed by atoms with Crippen molar-refractivity contribution in [1.82, 2.24) is 0 Å². The van der Waals surface area contributed by atoms with Crippen LogP contribution in [0.1, 0.15) is 6.42 Å². The van der Waals surface area contributed by atoms with Crippen LogP contribution in [0, 0.1) is 16.0 Å². The summed E-state index contributed by atoms with van der Waals surface area (Å²) in [5, 5.41) is 19.9. The van der Waals surface area contributed by atoms with Crippen LogP contribution in [0.2, 0.25) is 0 Å². The number of anilines is 1. The maximum absolute atomic E-state index is 11.6. The second kappa shape index (κ2) is 5.32. The fourth-order valence-corrected chi connectivity index (χ4v) is 3.25. The molecule has 0 amide bonds. The van der Waals surface area contributed by atoms with Gasteiger partial charge in [-0.25, -0.2) is 8.42 Å². The largest absolute Gasteiger partial charge is 0.481 e. The van der Waals surface area contributed by atoms with Crippen LogP contribution in [0.25, 0.3) is 0 Å². The zero-order valence-corrected chi connectivity index (χ0v) is 12.0. The van der Waals surface area contributed by atoms with E-state index in [1.54, 1.807) is 4.90 Å². The van der Waals surface area contributed by atoms with Gasteiger partial charge in [0, 0.05) is 25.3 Å². The third-order valence-corrected chi connectivity index (χ3v) is 4.45. The summed E-state index contributed by atoms with van der Waals surface area (Å²) < 4.78 is 23.3. The van der Waals surface area contributed by atoms with E-state index in [2.05, 4.69) is 0 Å². The number of carboxylic acids is 1. The Bertz CT molecular complexity index is 694. The first kappa shape index (κ1) is 15.2. The number of carbonyl (C=O) groups is 1. The molecule has 0 atom stereocenters. The van der Waals surface area contributed by atoms with Crippen LogP contribution >= 0.6 is 0 Å². The molecule has 21 heavy (non-hydrogen) atoms. The van der Waals surface area contributed by atoms with E-state index in [-0.39, 0.29) is 22.9 Å². The van der Waals surface area contributed by atoms with Crippen molar-refractivity contribution in [2.75, 3.05) is 24.2 Å². The Morgan fingerprint density at radius 3 is 2.57 bits per heavy atom. The summed E-state index contributed by atoms with van der Waals surface area (Å²) in [7, 11) is -3.71. The number of nitro groups is 1. The van der Waals surface area contributed by atoms with Crippen LogP contribution in [0.3, 0.4) is 0 Å². The first-order chi connectivity index (χ1) is 9.70. The van der Waals surface area contributed by atoms with E-state index in [1.807, 2.05) is 0 Å². The van der Waals surface area contributed by atoms with Crippen molar-refractivity contribution in [2.24, 2.45) is 5.92 Å². The van der Waals surface area contributed by atoms with Crippen molar-refractivity contribution in [3.63, 3.8) is 0 Å². The lowest BCUT2D eigenvalue weighted by molar-refractivity contribution is -0.387. The van der Waals surface area contributed by atoms with Gasteiger partial charge in [-0.2, -0.15) is 0 Å². The number of para-hydroxylation sites is 1. The van der Waals surface area contributed by atoms with Gasteiger partial charge in [-0.3, -0.25) is 14.9 Å². The highest BCUT2D eigenvalue weighted by molar-refractivity contribution is 7.90. The third kappa shape index (κ3) is 3.13. The normalized spacial score (nSPS) is 15.6. The average molecular weight is 314 g/mol. The lowest BCUT2D eigenvalue weighted by Gasteiger charge is -2.40. The zero-order valence-electron chi connectivity index (χ0n) is 11.2. The van der Waals surface area contributed by atoms with Gasteiger partial charge in [0.1, 0.15) is 10.6 Å². The monoisotopic (exact) mass is 314 g/mol. The van der Waals surface area contributed by atoms with Crippen molar-refractivity contribution >= 4 is 27.2 Å². The molecule has 9 heteroatoms. The maximum Gasteiger partial charge on any atom is 0.311 e. The standard InChI is InChI=1S/C12H14N2O6S/c1-21(19,20)10-4-2-3-9(12(10)14(17)18)13-6-8(7-13)5-11(15)16/h2-4,8H,5-7H2,1H3,(H,15,16). The number of sulfone groups is 1. The van der Waals surface area contributed by atoms with Crippen LogP contribution in [0.4, 0.5) is 11.4 Å². The molecule has 2 rings (SSSR count). The summed E-state index contributed by atoms with van der Waals surface area (Å²) in [6, 6.07) is 4.12. The predicted octanol–water partition coefficient (Wildman–Crippen LogP) is 0.909. The van der Waals surface area contributed by atoms with Gasteiger partial charge in [0.2, 0.25) is 0 Å². The molecule has 1 heterocycles. The van der Waals surface area contributed by atoms with E-state index in [0.29, 0.717) is 13.1 Å². The molecule has 1 fully saturated rings. The topological polar surface area (TPSA) is 118 Å². The molecule has 1 aromatic carbocycles. The van der Waals surface area contributed by atoms with Crippen LogP contribution in [0.5, 0.6) is 0 Å². The second-order valence-electron chi connectivity index (χ2n) is 5.02. The fourth-order valence-electron chi connectivity index (χ4n) is 2.39. The molecule has 0 radical (unpaired) electrons. The highest BCUT2D eigenvalue weighted by atomic mass is 32.2. The number of hydrogen-bond donors (Lipinski definition) is 1. The molecule has 0 unspecified atom stereocenters.